The third-order valence-corrected chi connectivity index (χ3v) is 4.93. The van der Waals surface area contributed by atoms with E-state index in [1.54, 1.807) is 0 Å². The van der Waals surface area contributed by atoms with Gasteiger partial charge in [0, 0.05) is 16.8 Å². The Morgan fingerprint density at radius 2 is 1.94 bits per heavy atom. The van der Waals surface area contributed by atoms with Crippen LogP contribution < -0.4 is 5.32 Å². The highest BCUT2D eigenvalue weighted by Gasteiger charge is 2.24. The fraction of sp³-hybridized carbons (Fsp3) is 1.00. The standard InChI is InChI=1S/C14H29NOS/c1-12(2)15-14(3,11-16)9-10-17-13-7-5-4-6-8-13/h12-13,15-16H,4-11H2,1-3H3. The molecule has 0 heterocycles. The summed E-state index contributed by atoms with van der Waals surface area (Å²) in [7, 11) is 0. The predicted molar refractivity (Wildman–Crippen MR) is 77.7 cm³/mol. The molecule has 0 radical (unpaired) electrons. The molecule has 1 saturated carbocycles. The Bertz CT molecular complexity index is 204. The van der Waals surface area contributed by atoms with Crippen LogP contribution in [0.3, 0.4) is 0 Å². The average molecular weight is 259 g/mol. The largest absolute Gasteiger partial charge is 0.394 e. The zero-order chi connectivity index (χ0) is 12.7. The van der Waals surface area contributed by atoms with Crippen molar-refractivity contribution in [3.8, 4) is 0 Å². The number of rotatable bonds is 7. The molecule has 0 amide bonds. The molecule has 1 aliphatic carbocycles. The van der Waals surface area contributed by atoms with Crippen LogP contribution in [-0.4, -0.2) is 34.3 Å². The first-order chi connectivity index (χ1) is 8.06. The van der Waals surface area contributed by atoms with Crippen molar-refractivity contribution >= 4 is 11.8 Å². The van der Waals surface area contributed by atoms with Crippen LogP contribution in [0.2, 0.25) is 0 Å². The summed E-state index contributed by atoms with van der Waals surface area (Å²) in [5.41, 5.74) is -0.101. The Morgan fingerprint density at radius 1 is 1.29 bits per heavy atom. The van der Waals surface area contributed by atoms with Crippen molar-refractivity contribution in [3.05, 3.63) is 0 Å². The van der Waals surface area contributed by atoms with Gasteiger partial charge in [-0.05, 0) is 31.9 Å². The Labute approximate surface area is 111 Å². The summed E-state index contributed by atoms with van der Waals surface area (Å²) in [4.78, 5) is 0. The lowest BCUT2D eigenvalue weighted by molar-refractivity contribution is 0.162. The van der Waals surface area contributed by atoms with Crippen LogP contribution in [0.1, 0.15) is 59.3 Å². The molecule has 102 valence electrons. The Balaban J connectivity index is 2.22. The van der Waals surface area contributed by atoms with Gasteiger partial charge < -0.3 is 10.4 Å². The third-order valence-electron chi connectivity index (χ3n) is 3.55. The van der Waals surface area contributed by atoms with E-state index >= 15 is 0 Å². The van der Waals surface area contributed by atoms with Crippen molar-refractivity contribution in [2.24, 2.45) is 0 Å². The SMILES string of the molecule is CC(C)NC(C)(CO)CCSC1CCCCC1. The number of aliphatic hydroxyl groups is 1. The van der Waals surface area contributed by atoms with Gasteiger partial charge in [0.2, 0.25) is 0 Å². The highest BCUT2D eigenvalue weighted by atomic mass is 32.2. The van der Waals surface area contributed by atoms with Crippen molar-refractivity contribution in [3.63, 3.8) is 0 Å². The fourth-order valence-electron chi connectivity index (χ4n) is 2.58. The maximum Gasteiger partial charge on any atom is 0.0610 e. The van der Waals surface area contributed by atoms with E-state index in [0.717, 1.165) is 11.7 Å². The van der Waals surface area contributed by atoms with Crippen LogP contribution in [0.4, 0.5) is 0 Å². The third kappa shape index (κ3) is 6.12. The normalized spacial score (nSPS) is 21.7. The van der Waals surface area contributed by atoms with Gasteiger partial charge >= 0.3 is 0 Å². The van der Waals surface area contributed by atoms with E-state index in [0.29, 0.717) is 6.04 Å². The van der Waals surface area contributed by atoms with E-state index in [1.165, 1.54) is 37.9 Å². The molecule has 2 nitrogen and oxygen atoms in total. The molecular weight excluding hydrogens is 230 g/mol. The molecule has 17 heavy (non-hydrogen) atoms. The van der Waals surface area contributed by atoms with Gasteiger partial charge in [-0.3, -0.25) is 0 Å². The molecule has 0 saturated heterocycles. The summed E-state index contributed by atoms with van der Waals surface area (Å²) in [5, 5.41) is 13.9. The minimum absolute atomic E-state index is 0.101. The number of hydrogen-bond acceptors (Lipinski definition) is 3. The lowest BCUT2D eigenvalue weighted by Crippen LogP contribution is -2.49. The number of nitrogens with one attached hydrogen (secondary N) is 1. The Kier molecular flexibility index (Phi) is 6.90. The van der Waals surface area contributed by atoms with Gasteiger partial charge in [-0.2, -0.15) is 11.8 Å². The van der Waals surface area contributed by atoms with Gasteiger partial charge in [-0.1, -0.05) is 33.1 Å². The van der Waals surface area contributed by atoms with E-state index < -0.39 is 0 Å². The first-order valence-corrected chi connectivity index (χ1v) is 8.11. The number of aliphatic hydroxyl groups excluding tert-OH is 1. The molecule has 0 aliphatic heterocycles. The molecule has 0 aromatic carbocycles. The lowest BCUT2D eigenvalue weighted by Gasteiger charge is -2.32. The molecule has 1 atom stereocenters. The fourth-order valence-corrected chi connectivity index (χ4v) is 4.14. The summed E-state index contributed by atoms with van der Waals surface area (Å²) in [6, 6.07) is 0.437. The maximum absolute atomic E-state index is 9.50. The van der Waals surface area contributed by atoms with Gasteiger partial charge in [-0.15, -0.1) is 0 Å². The second kappa shape index (κ2) is 7.65. The Hall–Kier alpha value is 0.270. The smallest absolute Gasteiger partial charge is 0.0610 e. The van der Waals surface area contributed by atoms with E-state index in [-0.39, 0.29) is 12.1 Å². The molecule has 2 N–H and O–H groups in total. The molecule has 0 bridgehead atoms. The summed E-state index contributed by atoms with van der Waals surface area (Å²) in [6.07, 6.45) is 8.12. The van der Waals surface area contributed by atoms with Gasteiger partial charge in [0.15, 0.2) is 0 Å². The van der Waals surface area contributed by atoms with Crippen molar-refractivity contribution in [2.45, 2.75) is 76.1 Å². The Morgan fingerprint density at radius 3 is 2.47 bits per heavy atom. The van der Waals surface area contributed by atoms with Gasteiger partial charge in [0.1, 0.15) is 0 Å². The van der Waals surface area contributed by atoms with Gasteiger partial charge in [0.25, 0.3) is 0 Å². The van der Waals surface area contributed by atoms with Gasteiger partial charge in [0.05, 0.1) is 6.61 Å². The second-order valence-corrected chi connectivity index (χ2v) is 7.31. The molecule has 3 heteroatoms. The molecule has 0 aromatic heterocycles. The summed E-state index contributed by atoms with van der Waals surface area (Å²) < 4.78 is 0. The zero-order valence-corrected chi connectivity index (χ0v) is 12.5. The topological polar surface area (TPSA) is 32.3 Å². The molecular formula is C14H29NOS. The van der Waals surface area contributed by atoms with E-state index in [1.807, 2.05) is 0 Å². The zero-order valence-electron chi connectivity index (χ0n) is 11.7. The van der Waals surface area contributed by atoms with Crippen LogP contribution in [-0.2, 0) is 0 Å². The number of thioether (sulfide) groups is 1. The van der Waals surface area contributed by atoms with Crippen LogP contribution >= 0.6 is 11.8 Å². The minimum Gasteiger partial charge on any atom is -0.394 e. The molecule has 0 spiro atoms. The van der Waals surface area contributed by atoms with Crippen molar-refractivity contribution in [2.75, 3.05) is 12.4 Å². The monoisotopic (exact) mass is 259 g/mol. The van der Waals surface area contributed by atoms with Crippen LogP contribution in [0.25, 0.3) is 0 Å². The number of hydrogen-bond donors (Lipinski definition) is 2. The van der Waals surface area contributed by atoms with E-state index in [9.17, 15) is 5.11 Å². The predicted octanol–water partition coefficient (Wildman–Crippen LogP) is 3.19. The van der Waals surface area contributed by atoms with E-state index in [4.69, 9.17) is 0 Å². The van der Waals surface area contributed by atoms with Crippen LogP contribution in [0, 0.1) is 0 Å². The highest BCUT2D eigenvalue weighted by molar-refractivity contribution is 7.99. The van der Waals surface area contributed by atoms with E-state index in [2.05, 4.69) is 37.8 Å². The average Bonchev–Trinajstić information content (AvgIpc) is 2.29. The maximum atomic E-state index is 9.50. The summed E-state index contributed by atoms with van der Waals surface area (Å²) in [6.45, 7) is 6.65. The molecule has 0 aromatic rings. The second-order valence-electron chi connectivity index (χ2n) is 5.90. The van der Waals surface area contributed by atoms with Gasteiger partial charge in [-0.25, -0.2) is 0 Å². The van der Waals surface area contributed by atoms with Crippen LogP contribution in [0.5, 0.6) is 0 Å². The summed E-state index contributed by atoms with van der Waals surface area (Å²) >= 11 is 2.12. The van der Waals surface area contributed by atoms with Crippen molar-refractivity contribution < 1.29 is 5.11 Å². The van der Waals surface area contributed by atoms with Crippen molar-refractivity contribution in [1.29, 1.82) is 0 Å². The molecule has 1 rings (SSSR count). The van der Waals surface area contributed by atoms with Crippen LogP contribution in [0.15, 0.2) is 0 Å². The van der Waals surface area contributed by atoms with Crippen molar-refractivity contribution in [1.82, 2.24) is 5.32 Å². The summed E-state index contributed by atoms with van der Waals surface area (Å²) in [5.74, 6) is 1.17. The minimum atomic E-state index is -0.101. The first kappa shape index (κ1) is 15.3. The quantitative estimate of drug-likeness (QED) is 0.736. The molecule has 1 fully saturated rings. The highest BCUT2D eigenvalue weighted by Crippen LogP contribution is 2.29. The molecule has 1 unspecified atom stereocenters. The first-order valence-electron chi connectivity index (χ1n) is 7.06. The lowest BCUT2D eigenvalue weighted by atomic mass is 9.99. The molecule has 1 aliphatic rings.